The summed E-state index contributed by atoms with van der Waals surface area (Å²) in [5.74, 6) is 0. The number of rotatable bonds is 7. The number of hydrogen-bond acceptors (Lipinski definition) is 5. The van der Waals surface area contributed by atoms with Gasteiger partial charge in [-0.05, 0) is 33.0 Å². The van der Waals surface area contributed by atoms with E-state index in [-0.39, 0.29) is 9.88 Å². The van der Waals surface area contributed by atoms with E-state index in [4.69, 9.17) is 18.0 Å². The molecule has 1 aromatic heterocycles. The van der Waals surface area contributed by atoms with Crippen LogP contribution in [0.1, 0.15) is 19.5 Å². The van der Waals surface area contributed by atoms with Gasteiger partial charge < -0.3 is 10.6 Å². The van der Waals surface area contributed by atoms with Crippen molar-refractivity contribution < 1.29 is 8.42 Å². The third-order valence-corrected chi connectivity index (χ3v) is 4.59. The normalized spacial score (nSPS) is 12.1. The Labute approximate surface area is 125 Å². The van der Waals surface area contributed by atoms with Gasteiger partial charge in [-0.2, -0.15) is 0 Å². The number of aromatic nitrogens is 1. The van der Waals surface area contributed by atoms with E-state index in [1.54, 1.807) is 0 Å². The Morgan fingerprint density at radius 1 is 1.50 bits per heavy atom. The first-order valence-electron chi connectivity index (χ1n) is 6.20. The maximum absolute atomic E-state index is 12.0. The summed E-state index contributed by atoms with van der Waals surface area (Å²) in [6.45, 7) is 5.07. The van der Waals surface area contributed by atoms with Crippen LogP contribution in [0.15, 0.2) is 23.2 Å². The lowest BCUT2D eigenvalue weighted by atomic mass is 10.3. The van der Waals surface area contributed by atoms with Crippen LogP contribution < -0.4 is 10.5 Å². The zero-order valence-corrected chi connectivity index (χ0v) is 13.5. The Kier molecular flexibility index (Phi) is 6.00. The summed E-state index contributed by atoms with van der Waals surface area (Å²) in [6, 6.07) is 3.30. The first-order valence-corrected chi connectivity index (χ1v) is 8.09. The highest BCUT2D eigenvalue weighted by molar-refractivity contribution is 7.89. The fourth-order valence-corrected chi connectivity index (χ4v) is 2.47. The monoisotopic (exact) mass is 316 g/mol. The minimum absolute atomic E-state index is 0.102. The van der Waals surface area contributed by atoms with Crippen molar-refractivity contribution in [3.63, 3.8) is 0 Å². The average Bonchev–Trinajstić information content (AvgIpc) is 2.38. The largest absolute Gasteiger partial charge is 0.388 e. The highest BCUT2D eigenvalue weighted by Crippen LogP contribution is 2.07. The molecule has 8 heteroatoms. The second-order valence-corrected chi connectivity index (χ2v) is 6.92. The van der Waals surface area contributed by atoms with Crippen molar-refractivity contribution in [1.29, 1.82) is 0 Å². The molecule has 6 nitrogen and oxygen atoms in total. The van der Waals surface area contributed by atoms with E-state index >= 15 is 0 Å². The molecule has 1 aromatic rings. The summed E-state index contributed by atoms with van der Waals surface area (Å²) in [7, 11) is -1.61. The van der Waals surface area contributed by atoms with Crippen LogP contribution in [0, 0.1) is 0 Å². The molecule has 0 radical (unpaired) electrons. The van der Waals surface area contributed by atoms with Gasteiger partial charge in [-0.3, -0.25) is 4.98 Å². The molecule has 0 saturated heterocycles. The first kappa shape index (κ1) is 17.0. The van der Waals surface area contributed by atoms with Gasteiger partial charge in [0.15, 0.2) is 0 Å². The number of thiocarbonyl (C=S) groups is 1. The van der Waals surface area contributed by atoms with E-state index in [1.807, 2.05) is 20.9 Å². The lowest BCUT2D eigenvalue weighted by molar-refractivity contribution is 0.278. The molecule has 0 unspecified atom stereocenters. The molecule has 20 heavy (non-hydrogen) atoms. The summed E-state index contributed by atoms with van der Waals surface area (Å²) in [5, 5.41) is 0. The molecule has 1 heterocycles. The highest BCUT2D eigenvalue weighted by Gasteiger charge is 2.15. The van der Waals surface area contributed by atoms with Crippen molar-refractivity contribution in [3.8, 4) is 0 Å². The number of likely N-dealkylation sites (N-methyl/N-ethyl adjacent to an activating group) is 1. The predicted octanol–water partition coefficient (Wildman–Crippen LogP) is 0.334. The van der Waals surface area contributed by atoms with Crippen LogP contribution in [0.4, 0.5) is 0 Å². The first-order chi connectivity index (χ1) is 9.24. The fraction of sp³-hybridized carbons (Fsp3) is 0.500. The summed E-state index contributed by atoms with van der Waals surface area (Å²) in [4.78, 5) is 6.21. The third kappa shape index (κ3) is 4.78. The lowest BCUT2D eigenvalue weighted by Gasteiger charge is -2.20. The van der Waals surface area contributed by atoms with Gasteiger partial charge in [-0.25, -0.2) is 13.1 Å². The maximum Gasteiger partial charge on any atom is 0.242 e. The number of pyridine rings is 1. The van der Waals surface area contributed by atoms with Gasteiger partial charge in [-0.15, -0.1) is 0 Å². The quantitative estimate of drug-likeness (QED) is 0.705. The minimum atomic E-state index is -3.55. The average molecular weight is 316 g/mol. The van der Waals surface area contributed by atoms with Gasteiger partial charge in [0.25, 0.3) is 0 Å². The van der Waals surface area contributed by atoms with Crippen molar-refractivity contribution in [2.45, 2.75) is 24.8 Å². The summed E-state index contributed by atoms with van der Waals surface area (Å²) < 4.78 is 26.6. The van der Waals surface area contributed by atoms with Crippen molar-refractivity contribution in [3.05, 3.63) is 24.0 Å². The number of hydrogen-bond donors (Lipinski definition) is 2. The van der Waals surface area contributed by atoms with Crippen LogP contribution >= 0.6 is 12.2 Å². The summed E-state index contributed by atoms with van der Waals surface area (Å²) in [6.07, 6.45) is 1.25. The van der Waals surface area contributed by atoms with E-state index in [2.05, 4.69) is 14.6 Å². The Hall–Kier alpha value is -1.09. The predicted molar refractivity (Wildman–Crippen MR) is 83.1 cm³/mol. The van der Waals surface area contributed by atoms with E-state index < -0.39 is 10.0 Å². The van der Waals surface area contributed by atoms with Gasteiger partial charge in [0.05, 0.1) is 5.69 Å². The molecule has 0 aliphatic heterocycles. The topological polar surface area (TPSA) is 88.3 Å². The van der Waals surface area contributed by atoms with Gasteiger partial charge in [0.1, 0.15) is 9.88 Å². The van der Waals surface area contributed by atoms with Crippen LogP contribution in [0.2, 0.25) is 0 Å². The zero-order valence-electron chi connectivity index (χ0n) is 11.8. The Bertz CT molecular complexity index is 555. The highest BCUT2D eigenvalue weighted by atomic mass is 32.2. The molecule has 1 rings (SSSR count). The smallest absolute Gasteiger partial charge is 0.242 e. The molecule has 0 aromatic carbocycles. The molecule has 0 spiro atoms. The Morgan fingerprint density at radius 3 is 2.60 bits per heavy atom. The van der Waals surface area contributed by atoms with Gasteiger partial charge in [-0.1, -0.05) is 12.2 Å². The molecule has 0 amide bonds. The standard InChI is InChI=1S/C12H20N4O2S2/c1-9(2)16(3)7-6-15-20(17,18)10-4-5-11(12(13)19)14-8-10/h4-5,8-9,15H,6-7H2,1-3H3,(H2,13,19). The van der Waals surface area contributed by atoms with Crippen LogP contribution in [-0.2, 0) is 10.0 Å². The maximum atomic E-state index is 12.0. The SMILES string of the molecule is CC(C)N(C)CCNS(=O)(=O)c1ccc(C(N)=S)nc1. The minimum Gasteiger partial charge on any atom is -0.388 e. The molecule has 0 aliphatic carbocycles. The van der Waals surface area contributed by atoms with Gasteiger partial charge in [0, 0.05) is 25.3 Å². The van der Waals surface area contributed by atoms with Gasteiger partial charge >= 0.3 is 0 Å². The molecule has 0 aliphatic rings. The molecule has 3 N–H and O–H groups in total. The van der Waals surface area contributed by atoms with E-state index in [0.29, 0.717) is 24.8 Å². The second-order valence-electron chi connectivity index (χ2n) is 4.72. The summed E-state index contributed by atoms with van der Waals surface area (Å²) in [5.41, 5.74) is 5.81. The zero-order chi connectivity index (χ0) is 15.3. The third-order valence-electron chi connectivity index (χ3n) is 2.94. The van der Waals surface area contributed by atoms with E-state index in [1.165, 1.54) is 18.3 Å². The molecule has 112 valence electrons. The van der Waals surface area contributed by atoms with Crippen molar-refractivity contribution in [2.75, 3.05) is 20.1 Å². The fourth-order valence-electron chi connectivity index (χ4n) is 1.38. The molecule has 0 saturated carbocycles. The number of nitrogens with one attached hydrogen (secondary N) is 1. The molecule has 0 atom stereocenters. The van der Waals surface area contributed by atoms with Crippen LogP contribution in [0.25, 0.3) is 0 Å². The second kappa shape index (κ2) is 7.07. The van der Waals surface area contributed by atoms with Crippen molar-refractivity contribution in [1.82, 2.24) is 14.6 Å². The summed E-state index contributed by atoms with van der Waals surface area (Å²) >= 11 is 4.77. The van der Waals surface area contributed by atoms with Gasteiger partial charge in [0.2, 0.25) is 10.0 Å². The molecular formula is C12H20N4O2S2. The Morgan fingerprint density at radius 2 is 2.15 bits per heavy atom. The van der Waals surface area contributed by atoms with Crippen LogP contribution in [0.3, 0.4) is 0 Å². The van der Waals surface area contributed by atoms with Crippen LogP contribution in [0.5, 0.6) is 0 Å². The van der Waals surface area contributed by atoms with Crippen molar-refractivity contribution >= 4 is 27.2 Å². The number of nitrogens with two attached hydrogens (primary N) is 1. The number of sulfonamides is 1. The van der Waals surface area contributed by atoms with Crippen LogP contribution in [-0.4, -0.2) is 49.5 Å². The van der Waals surface area contributed by atoms with Crippen molar-refractivity contribution in [2.24, 2.45) is 5.73 Å². The molecule has 0 fully saturated rings. The molecular weight excluding hydrogens is 296 g/mol. The Balaban J connectivity index is 2.67. The lowest BCUT2D eigenvalue weighted by Crippen LogP contribution is -2.36. The van der Waals surface area contributed by atoms with E-state index in [9.17, 15) is 8.42 Å². The van der Waals surface area contributed by atoms with E-state index in [0.717, 1.165) is 0 Å². The number of nitrogens with zero attached hydrogens (tertiary/aromatic N) is 2. The molecule has 0 bridgehead atoms.